The van der Waals surface area contributed by atoms with Crippen molar-refractivity contribution in [2.45, 2.75) is 31.9 Å². The highest BCUT2D eigenvalue weighted by Crippen LogP contribution is 2.53. The lowest BCUT2D eigenvalue weighted by molar-refractivity contribution is 0.0999. The summed E-state index contributed by atoms with van der Waals surface area (Å²) in [7, 11) is -2.02. The minimum Gasteiger partial charge on any atom is -0.395 e. The number of aliphatic hydroxyl groups excluding tert-OH is 1. The molecule has 7 nitrogen and oxygen atoms in total. The Bertz CT molecular complexity index is 1030. The van der Waals surface area contributed by atoms with Gasteiger partial charge in [-0.3, -0.25) is 9.79 Å². The molecular weight excluding hydrogens is 414 g/mol. The Morgan fingerprint density at radius 2 is 2.10 bits per heavy atom. The molecule has 0 heterocycles. The second-order valence-electron chi connectivity index (χ2n) is 8.51. The van der Waals surface area contributed by atoms with Gasteiger partial charge in [0, 0.05) is 31.9 Å². The first kappa shape index (κ1) is 23.4. The Hall–Kier alpha value is -2.29. The first-order valence-corrected chi connectivity index (χ1v) is 12.1. The number of primary amides is 1. The fourth-order valence-corrected chi connectivity index (χ4v) is 6.44. The number of carbonyl (C=O) groups is 1. The highest BCUT2D eigenvalue weighted by Gasteiger charge is 2.45. The maximum Gasteiger partial charge on any atom is 0.249 e. The number of carbonyl (C=O) groups excluding carboxylic acids is 1. The van der Waals surface area contributed by atoms with Crippen LogP contribution in [0.1, 0.15) is 42.1 Å². The number of fused-ring (bicyclic) bond motifs is 1. The zero-order chi connectivity index (χ0) is 22.6. The maximum atomic E-state index is 13.3. The number of sulfonamides is 1. The van der Waals surface area contributed by atoms with Crippen molar-refractivity contribution < 1.29 is 18.3 Å². The lowest BCUT2D eigenvalue weighted by Gasteiger charge is -2.38. The summed E-state index contributed by atoms with van der Waals surface area (Å²) in [6.45, 7) is 2.27. The Morgan fingerprint density at radius 3 is 2.77 bits per heavy atom. The second-order valence-corrected chi connectivity index (χ2v) is 10.5. The average Bonchev–Trinajstić information content (AvgIpc) is 3.03. The lowest BCUT2D eigenvalue weighted by Crippen LogP contribution is -2.42. The van der Waals surface area contributed by atoms with E-state index in [2.05, 4.69) is 24.1 Å². The molecule has 2 aliphatic rings. The number of aliphatic hydroxyl groups is 1. The monoisotopic (exact) mass is 445 g/mol. The summed E-state index contributed by atoms with van der Waals surface area (Å²) in [6, 6.07) is 6.48. The quantitative estimate of drug-likeness (QED) is 0.568. The number of allylic oxidation sites excluding steroid dienone is 4. The standard InChI is InChI=1S/C23H31N3O4S/c1-23-13-17(14-25-2)7-8-19(23)9-10-20(23)15-26(11-12-27)31(29,30)16-18-5-3-4-6-21(18)22(24)28/h3-8,14,20,27H,9-13,15-16H2,1-2H3,(H2,24,28)/t20-,23+/m1/s1. The van der Waals surface area contributed by atoms with Gasteiger partial charge in [0.15, 0.2) is 0 Å². The molecule has 1 aromatic carbocycles. The van der Waals surface area contributed by atoms with E-state index >= 15 is 0 Å². The number of nitrogens with two attached hydrogens (primary N) is 1. The molecule has 2 atom stereocenters. The summed E-state index contributed by atoms with van der Waals surface area (Å²) in [5.74, 6) is -0.858. The third kappa shape index (κ3) is 4.97. The summed E-state index contributed by atoms with van der Waals surface area (Å²) >= 11 is 0. The number of hydrogen-bond acceptors (Lipinski definition) is 5. The van der Waals surface area contributed by atoms with Gasteiger partial charge in [-0.15, -0.1) is 0 Å². The Balaban J connectivity index is 1.84. The van der Waals surface area contributed by atoms with Gasteiger partial charge in [0.1, 0.15) is 0 Å². The van der Waals surface area contributed by atoms with Crippen LogP contribution < -0.4 is 5.73 Å². The van der Waals surface area contributed by atoms with E-state index in [0.717, 1.165) is 24.8 Å². The van der Waals surface area contributed by atoms with Crippen LogP contribution in [0.5, 0.6) is 0 Å². The van der Waals surface area contributed by atoms with E-state index in [1.807, 2.05) is 6.21 Å². The topological polar surface area (TPSA) is 113 Å². The number of nitrogens with zero attached hydrogens (tertiary/aromatic N) is 2. The molecule has 2 aliphatic carbocycles. The van der Waals surface area contributed by atoms with E-state index in [9.17, 15) is 18.3 Å². The van der Waals surface area contributed by atoms with Gasteiger partial charge in [0.2, 0.25) is 15.9 Å². The number of rotatable bonds is 9. The molecule has 0 saturated heterocycles. The molecule has 8 heteroatoms. The average molecular weight is 446 g/mol. The second kappa shape index (κ2) is 9.46. The predicted octanol–water partition coefficient (Wildman–Crippen LogP) is 2.28. The van der Waals surface area contributed by atoms with Crippen molar-refractivity contribution in [3.8, 4) is 0 Å². The lowest BCUT2D eigenvalue weighted by atomic mass is 9.70. The van der Waals surface area contributed by atoms with Gasteiger partial charge in [-0.25, -0.2) is 8.42 Å². The zero-order valence-electron chi connectivity index (χ0n) is 18.1. The first-order valence-electron chi connectivity index (χ1n) is 10.5. The van der Waals surface area contributed by atoms with Crippen molar-refractivity contribution >= 4 is 22.1 Å². The Kier molecular flexibility index (Phi) is 7.13. The van der Waals surface area contributed by atoms with Crippen molar-refractivity contribution in [2.75, 3.05) is 26.7 Å². The molecule has 3 rings (SSSR count). The van der Waals surface area contributed by atoms with Crippen LogP contribution in [-0.4, -0.2) is 56.7 Å². The van der Waals surface area contributed by atoms with Gasteiger partial charge in [-0.1, -0.05) is 42.8 Å². The summed E-state index contributed by atoms with van der Waals surface area (Å²) in [5.41, 5.74) is 8.33. The molecule has 0 aromatic heterocycles. The number of aliphatic imine (C=N–C) groups is 1. The maximum absolute atomic E-state index is 13.3. The highest BCUT2D eigenvalue weighted by atomic mass is 32.2. The van der Waals surface area contributed by atoms with Crippen LogP contribution in [0.25, 0.3) is 0 Å². The Morgan fingerprint density at radius 1 is 1.35 bits per heavy atom. The molecule has 0 unspecified atom stereocenters. The zero-order valence-corrected chi connectivity index (χ0v) is 18.9. The minimum absolute atomic E-state index is 0.0197. The van der Waals surface area contributed by atoms with Gasteiger partial charge in [-0.2, -0.15) is 4.31 Å². The van der Waals surface area contributed by atoms with Crippen LogP contribution in [0.2, 0.25) is 0 Å². The third-order valence-electron chi connectivity index (χ3n) is 6.55. The molecule has 0 bridgehead atoms. The van der Waals surface area contributed by atoms with Gasteiger partial charge >= 0.3 is 0 Å². The van der Waals surface area contributed by atoms with E-state index in [-0.39, 0.29) is 35.8 Å². The number of amides is 1. The van der Waals surface area contributed by atoms with Crippen LogP contribution in [0, 0.1) is 11.3 Å². The predicted molar refractivity (Wildman–Crippen MR) is 122 cm³/mol. The SMILES string of the molecule is CN=CC1=CC=C2CC[C@H](CN(CCO)S(=O)(=O)Cc3ccccc3C(N)=O)[C@@]2(C)C1. The number of hydrogen-bond donors (Lipinski definition) is 2. The number of benzene rings is 1. The van der Waals surface area contributed by atoms with Gasteiger partial charge in [0.25, 0.3) is 0 Å². The molecule has 0 aliphatic heterocycles. The summed E-state index contributed by atoms with van der Waals surface area (Å²) in [5, 5.41) is 9.57. The largest absolute Gasteiger partial charge is 0.395 e. The van der Waals surface area contributed by atoms with E-state index < -0.39 is 15.9 Å². The molecule has 0 spiro atoms. The van der Waals surface area contributed by atoms with E-state index in [1.54, 1.807) is 25.2 Å². The molecule has 31 heavy (non-hydrogen) atoms. The molecule has 1 saturated carbocycles. The van der Waals surface area contributed by atoms with Crippen LogP contribution in [-0.2, 0) is 15.8 Å². The van der Waals surface area contributed by atoms with Crippen molar-refractivity contribution in [1.29, 1.82) is 0 Å². The van der Waals surface area contributed by atoms with Gasteiger partial charge < -0.3 is 10.8 Å². The smallest absolute Gasteiger partial charge is 0.249 e. The van der Waals surface area contributed by atoms with Crippen LogP contribution in [0.4, 0.5) is 0 Å². The Labute approximate surface area is 184 Å². The van der Waals surface area contributed by atoms with E-state index in [4.69, 9.17) is 5.73 Å². The molecule has 3 N–H and O–H groups in total. The summed E-state index contributed by atoms with van der Waals surface area (Å²) in [6.07, 6.45) is 8.74. The summed E-state index contributed by atoms with van der Waals surface area (Å²) < 4.78 is 28.0. The van der Waals surface area contributed by atoms with Gasteiger partial charge in [-0.05, 0) is 47.8 Å². The van der Waals surface area contributed by atoms with Crippen LogP contribution in [0.3, 0.4) is 0 Å². The van der Waals surface area contributed by atoms with Gasteiger partial charge in [0.05, 0.1) is 12.4 Å². The van der Waals surface area contributed by atoms with Crippen molar-refractivity contribution in [3.05, 3.63) is 58.7 Å². The van der Waals surface area contributed by atoms with Crippen molar-refractivity contribution in [2.24, 2.45) is 22.1 Å². The van der Waals surface area contributed by atoms with E-state index in [1.165, 1.54) is 15.9 Å². The fourth-order valence-electron chi connectivity index (χ4n) is 4.84. The highest BCUT2D eigenvalue weighted by molar-refractivity contribution is 7.88. The molecule has 1 fully saturated rings. The molecule has 0 radical (unpaired) electrons. The van der Waals surface area contributed by atoms with E-state index in [0.29, 0.717) is 12.1 Å². The van der Waals surface area contributed by atoms with Crippen molar-refractivity contribution in [1.82, 2.24) is 4.31 Å². The molecule has 1 amide bonds. The van der Waals surface area contributed by atoms with Crippen LogP contribution in [0.15, 0.2) is 52.6 Å². The minimum atomic E-state index is -3.76. The normalized spacial score (nSPS) is 23.7. The molecule has 1 aromatic rings. The van der Waals surface area contributed by atoms with Crippen molar-refractivity contribution in [3.63, 3.8) is 0 Å². The fraction of sp³-hybridized carbons (Fsp3) is 0.478. The first-order chi connectivity index (χ1) is 14.7. The third-order valence-corrected chi connectivity index (χ3v) is 8.34. The molecule has 168 valence electrons. The van der Waals surface area contributed by atoms with Crippen LogP contribution >= 0.6 is 0 Å². The summed E-state index contributed by atoms with van der Waals surface area (Å²) in [4.78, 5) is 15.8. The molecular formula is C23H31N3O4S.